The Morgan fingerprint density at radius 2 is 0.583 bits per heavy atom. The maximum Gasteiger partial charge on any atom is 0.252 e. The molecule has 0 bridgehead atoms. The Kier molecular flexibility index (Phi) is 12.6. The number of fused-ring (bicyclic) bond motifs is 17. The highest BCUT2D eigenvalue weighted by molar-refractivity contribution is 7.00. The number of para-hydroxylation sites is 2. The Bertz CT molecular complexity index is 5560. The van der Waals surface area contributed by atoms with Crippen LogP contribution >= 0.6 is 0 Å². The number of hydrogen-bond donors (Lipinski definition) is 0. The summed E-state index contributed by atoms with van der Waals surface area (Å²) in [4.78, 5) is 2.41. The van der Waals surface area contributed by atoms with Crippen LogP contribution in [0.5, 0.6) is 0 Å². The molecule has 6 heteroatoms. The molecule has 0 N–H and O–H groups in total. The van der Waals surface area contributed by atoms with Gasteiger partial charge in [0.05, 0.1) is 38.8 Å². The van der Waals surface area contributed by atoms with E-state index in [0.29, 0.717) is 0 Å². The van der Waals surface area contributed by atoms with Crippen LogP contribution in [0.1, 0.15) is 158 Å². The molecule has 476 valence electrons. The van der Waals surface area contributed by atoms with Crippen LogP contribution in [0.15, 0.2) is 206 Å². The van der Waals surface area contributed by atoms with E-state index in [2.05, 4.69) is 354 Å². The lowest BCUT2D eigenvalue weighted by Crippen LogP contribution is -2.59. The summed E-state index contributed by atoms with van der Waals surface area (Å²) in [6, 6.07) is 81.0. The van der Waals surface area contributed by atoms with Crippen molar-refractivity contribution in [1.82, 2.24) is 18.3 Å². The van der Waals surface area contributed by atoms with Crippen LogP contribution in [0.2, 0.25) is 0 Å². The van der Waals surface area contributed by atoms with E-state index in [4.69, 9.17) is 0 Å². The summed E-state index contributed by atoms with van der Waals surface area (Å²) in [6.45, 7) is 42.2. The van der Waals surface area contributed by atoms with E-state index in [-0.39, 0.29) is 39.2 Å². The lowest BCUT2D eigenvalue weighted by Gasteiger charge is -2.36. The number of anilines is 3. The summed E-state index contributed by atoms with van der Waals surface area (Å²) in [5.41, 5.74) is 29.8. The maximum atomic E-state index is 2.69. The molecule has 0 aliphatic carbocycles. The van der Waals surface area contributed by atoms with Crippen molar-refractivity contribution >= 4 is 127 Å². The molecule has 5 nitrogen and oxygen atoms in total. The van der Waals surface area contributed by atoms with Crippen molar-refractivity contribution in [2.45, 2.75) is 157 Å². The molecular weight excluding hydrogens is 1160 g/mol. The fourth-order valence-corrected chi connectivity index (χ4v) is 16.4. The first kappa shape index (κ1) is 60.2. The zero-order chi connectivity index (χ0) is 67.0. The fourth-order valence-electron chi connectivity index (χ4n) is 16.4. The number of nitrogens with zero attached hydrogens (tertiary/aromatic N) is 5. The van der Waals surface area contributed by atoms with E-state index in [1.165, 1.54) is 148 Å². The summed E-state index contributed by atoms with van der Waals surface area (Å²) in [5, 5.41) is 10.2. The molecule has 4 aromatic heterocycles. The second kappa shape index (κ2) is 20.0. The molecule has 15 aromatic rings. The van der Waals surface area contributed by atoms with Crippen LogP contribution in [-0.4, -0.2) is 25.0 Å². The van der Waals surface area contributed by atoms with E-state index in [1.54, 1.807) is 0 Å². The van der Waals surface area contributed by atoms with Crippen LogP contribution in [0.4, 0.5) is 17.1 Å². The van der Waals surface area contributed by atoms with Gasteiger partial charge < -0.3 is 23.2 Å². The van der Waals surface area contributed by atoms with Gasteiger partial charge in [0.15, 0.2) is 0 Å². The molecule has 0 spiro atoms. The second-order valence-electron chi connectivity index (χ2n) is 34.4. The van der Waals surface area contributed by atoms with Crippen LogP contribution in [0.3, 0.4) is 0 Å². The van der Waals surface area contributed by atoms with Crippen LogP contribution in [0.25, 0.3) is 110 Å². The molecule has 96 heavy (non-hydrogen) atoms. The predicted octanol–water partition coefficient (Wildman–Crippen LogP) is 22.5. The minimum absolute atomic E-state index is 0.0338. The molecule has 0 radical (unpaired) electrons. The van der Waals surface area contributed by atoms with Crippen LogP contribution in [-0.2, 0) is 32.5 Å². The molecule has 2 aliphatic heterocycles. The quantitative estimate of drug-likeness (QED) is 0.158. The monoisotopic (exact) mass is 1250 g/mol. The summed E-state index contributed by atoms with van der Waals surface area (Å²) in [5.74, 6) is 0. The highest BCUT2D eigenvalue weighted by atomic mass is 15.1. The Balaban J connectivity index is 0.981. The Labute approximate surface area is 566 Å². The van der Waals surface area contributed by atoms with E-state index in [9.17, 15) is 0 Å². The van der Waals surface area contributed by atoms with Crippen molar-refractivity contribution < 1.29 is 0 Å². The smallest absolute Gasteiger partial charge is 0.252 e. The summed E-state index contributed by atoms with van der Waals surface area (Å²) < 4.78 is 10.6. The maximum absolute atomic E-state index is 2.69. The first-order chi connectivity index (χ1) is 45.4. The van der Waals surface area contributed by atoms with E-state index < -0.39 is 0 Å². The third kappa shape index (κ3) is 8.88. The van der Waals surface area contributed by atoms with Gasteiger partial charge in [0, 0.05) is 88.2 Å². The van der Waals surface area contributed by atoms with Crippen molar-refractivity contribution in [3.8, 4) is 22.7 Å². The summed E-state index contributed by atoms with van der Waals surface area (Å²) in [7, 11) is 0. The minimum atomic E-state index is -0.103. The number of benzene rings is 11. The van der Waals surface area contributed by atoms with E-state index in [1.807, 2.05) is 0 Å². The van der Waals surface area contributed by atoms with Gasteiger partial charge in [0.2, 0.25) is 0 Å². The molecular formula is C90H88BN5. The minimum Gasteiger partial charge on any atom is -0.311 e. The van der Waals surface area contributed by atoms with Gasteiger partial charge in [-0.05, 0) is 191 Å². The Hall–Kier alpha value is -9.52. The highest BCUT2D eigenvalue weighted by Gasteiger charge is 2.43. The van der Waals surface area contributed by atoms with Crippen LogP contribution in [0, 0.1) is 0 Å². The molecule has 11 aromatic carbocycles. The topological polar surface area (TPSA) is 23.0 Å². The molecule has 0 atom stereocenters. The standard InChI is InChI=1S/C90H88BN5/c1-85(2,3)53-27-33-59(34-28-53)92(60-35-29-54(30-36-60)86(4,5)6)61-37-39-62(40-38-61)93-74-25-21-19-23-64(74)66-41-42-67-65-24-20-22-26-75(65)94(84(67)83(66)93)63-51-78-80-79(52-63)96-77-44-32-56(88(10,11)12)46-69(77)71-48-58(90(16,17)18)50-73(82(71)96)91(80)72-49-57(89(13,14)15)47-70-68-45-55(87(7,8)9)31-43-76(68)95(78)81(70)72/h19-52H,1-18H3. The number of hydrogen-bond acceptors (Lipinski definition) is 1. The lowest BCUT2D eigenvalue weighted by molar-refractivity contribution is 0.590. The van der Waals surface area contributed by atoms with Gasteiger partial charge in [-0.3, -0.25) is 0 Å². The highest BCUT2D eigenvalue weighted by Crippen LogP contribution is 2.48. The molecule has 0 saturated heterocycles. The van der Waals surface area contributed by atoms with Crippen molar-refractivity contribution in [2.24, 2.45) is 0 Å². The van der Waals surface area contributed by atoms with E-state index in [0.717, 1.165) is 28.4 Å². The molecule has 17 rings (SSSR count). The zero-order valence-electron chi connectivity index (χ0n) is 59.4. The third-order valence-electron chi connectivity index (χ3n) is 21.8. The van der Waals surface area contributed by atoms with Crippen molar-refractivity contribution in [1.29, 1.82) is 0 Å². The van der Waals surface area contributed by atoms with Gasteiger partial charge in [0.25, 0.3) is 6.71 Å². The van der Waals surface area contributed by atoms with Gasteiger partial charge in [-0.2, -0.15) is 0 Å². The van der Waals surface area contributed by atoms with Crippen molar-refractivity contribution in [3.05, 3.63) is 240 Å². The average molecular weight is 1250 g/mol. The summed E-state index contributed by atoms with van der Waals surface area (Å²) >= 11 is 0. The molecule has 0 amide bonds. The Morgan fingerprint density at radius 3 is 0.969 bits per heavy atom. The molecule has 2 aliphatic rings. The van der Waals surface area contributed by atoms with Crippen molar-refractivity contribution in [2.75, 3.05) is 4.90 Å². The molecule has 0 unspecified atom stereocenters. The van der Waals surface area contributed by atoms with Gasteiger partial charge in [0.1, 0.15) is 0 Å². The predicted molar refractivity (Wildman–Crippen MR) is 415 cm³/mol. The first-order valence-electron chi connectivity index (χ1n) is 34.9. The lowest BCUT2D eigenvalue weighted by atomic mass is 9.34. The largest absolute Gasteiger partial charge is 0.311 e. The number of rotatable bonds is 5. The normalized spacial score (nSPS) is 13.7. The van der Waals surface area contributed by atoms with Gasteiger partial charge in [-0.1, -0.05) is 222 Å². The van der Waals surface area contributed by atoms with Crippen molar-refractivity contribution in [3.63, 3.8) is 0 Å². The molecule has 0 saturated carbocycles. The Morgan fingerprint density at radius 1 is 0.250 bits per heavy atom. The zero-order valence-corrected chi connectivity index (χ0v) is 59.4. The molecule has 0 fully saturated rings. The number of aromatic nitrogens is 4. The first-order valence-corrected chi connectivity index (χ1v) is 34.9. The van der Waals surface area contributed by atoms with Crippen LogP contribution < -0.4 is 21.3 Å². The third-order valence-corrected chi connectivity index (χ3v) is 21.8. The SMILES string of the molecule is CC(C)(C)c1ccc(N(c2ccc(-n3c4ccccc4c4ccc5c6ccccc6n(-c6cc7c8c(c6)-n6c9ccc(C(C)(C)C)cc9c9cc(C(C)(C)C)cc(c96)B8c6cc(C(C)(C)C)cc8c9cc(C(C)(C)C)ccc9n-7c68)c5c43)cc2)c2ccc(C(C)(C)C)cc2)cc1. The molecule has 6 heterocycles. The fraction of sp³-hybridized carbons (Fsp3) is 0.267. The average Bonchev–Trinajstić information content (AvgIpc) is 1.43. The van der Waals surface area contributed by atoms with Gasteiger partial charge in [-0.25, -0.2) is 0 Å². The summed E-state index contributed by atoms with van der Waals surface area (Å²) in [6.07, 6.45) is 0. The second-order valence-corrected chi connectivity index (χ2v) is 34.4. The van der Waals surface area contributed by atoms with Gasteiger partial charge in [-0.15, -0.1) is 0 Å². The van der Waals surface area contributed by atoms with E-state index >= 15 is 0 Å². The van der Waals surface area contributed by atoms with Gasteiger partial charge >= 0.3 is 0 Å².